The van der Waals surface area contributed by atoms with Gasteiger partial charge in [-0.15, -0.1) is 11.3 Å². The van der Waals surface area contributed by atoms with Crippen molar-refractivity contribution in [3.63, 3.8) is 0 Å². The standard InChI is InChI=1S/C20H21N3O2S/c1-23(2)16-9-15(10-16)22-20(25)14-8-18(26-11-14)13-6-12-4-3-5-21-19(12)17(24)7-13/h3-8,11,15-16,24H,9-10H2,1-2H3,(H,22,25). The van der Waals surface area contributed by atoms with Gasteiger partial charge in [0.15, 0.2) is 0 Å². The van der Waals surface area contributed by atoms with Crippen LogP contribution in [0.3, 0.4) is 0 Å². The zero-order valence-electron chi connectivity index (χ0n) is 14.8. The first-order valence-electron chi connectivity index (χ1n) is 8.65. The highest BCUT2D eigenvalue weighted by Crippen LogP contribution is 2.34. The number of benzene rings is 1. The van der Waals surface area contributed by atoms with Gasteiger partial charge in [0.1, 0.15) is 11.3 Å². The average Bonchev–Trinajstić information content (AvgIpc) is 3.07. The Labute approximate surface area is 156 Å². The Hall–Kier alpha value is -2.44. The zero-order chi connectivity index (χ0) is 18.3. The second-order valence-corrected chi connectivity index (χ2v) is 7.94. The minimum absolute atomic E-state index is 0.0265. The first-order valence-corrected chi connectivity index (χ1v) is 9.53. The summed E-state index contributed by atoms with van der Waals surface area (Å²) in [5.41, 5.74) is 2.15. The van der Waals surface area contributed by atoms with Crippen LogP contribution in [0.15, 0.2) is 41.9 Å². The van der Waals surface area contributed by atoms with Crippen LogP contribution < -0.4 is 5.32 Å². The molecule has 2 aromatic heterocycles. The van der Waals surface area contributed by atoms with Crippen molar-refractivity contribution >= 4 is 28.1 Å². The minimum atomic E-state index is -0.0265. The molecule has 0 aliphatic heterocycles. The van der Waals surface area contributed by atoms with Crippen LogP contribution in [0.4, 0.5) is 0 Å². The van der Waals surface area contributed by atoms with E-state index in [-0.39, 0.29) is 17.7 Å². The van der Waals surface area contributed by atoms with Gasteiger partial charge >= 0.3 is 0 Å². The summed E-state index contributed by atoms with van der Waals surface area (Å²) in [7, 11) is 4.14. The van der Waals surface area contributed by atoms with E-state index in [1.165, 1.54) is 11.3 Å². The maximum atomic E-state index is 12.5. The largest absolute Gasteiger partial charge is 0.506 e. The summed E-state index contributed by atoms with van der Waals surface area (Å²) in [6.07, 6.45) is 3.67. The van der Waals surface area contributed by atoms with Crippen LogP contribution in [0.5, 0.6) is 5.75 Å². The molecule has 2 heterocycles. The second-order valence-electron chi connectivity index (χ2n) is 7.03. The first kappa shape index (κ1) is 17.0. The molecule has 0 spiro atoms. The third-order valence-corrected chi connectivity index (χ3v) is 5.99. The van der Waals surface area contributed by atoms with E-state index >= 15 is 0 Å². The van der Waals surface area contributed by atoms with Gasteiger partial charge in [-0.05, 0) is 56.8 Å². The van der Waals surface area contributed by atoms with Crippen molar-refractivity contribution in [3.05, 3.63) is 47.5 Å². The van der Waals surface area contributed by atoms with E-state index in [0.29, 0.717) is 17.1 Å². The molecule has 134 valence electrons. The first-order chi connectivity index (χ1) is 12.5. The fourth-order valence-electron chi connectivity index (χ4n) is 3.32. The monoisotopic (exact) mass is 367 g/mol. The van der Waals surface area contributed by atoms with E-state index < -0.39 is 0 Å². The van der Waals surface area contributed by atoms with Crippen LogP contribution in [0, 0.1) is 0 Å². The van der Waals surface area contributed by atoms with Crippen LogP contribution >= 0.6 is 11.3 Å². The minimum Gasteiger partial charge on any atom is -0.506 e. The van der Waals surface area contributed by atoms with Crippen LogP contribution in [-0.2, 0) is 0 Å². The van der Waals surface area contributed by atoms with Crippen molar-refractivity contribution in [2.45, 2.75) is 24.9 Å². The van der Waals surface area contributed by atoms with Gasteiger partial charge in [0, 0.05) is 33.9 Å². The molecule has 1 amide bonds. The lowest BCUT2D eigenvalue weighted by atomic mass is 9.86. The van der Waals surface area contributed by atoms with Crippen LogP contribution in [0.2, 0.25) is 0 Å². The summed E-state index contributed by atoms with van der Waals surface area (Å²) in [5.74, 6) is 0.128. The lowest BCUT2D eigenvalue weighted by Crippen LogP contribution is -2.51. The van der Waals surface area contributed by atoms with Gasteiger partial charge in [-0.25, -0.2) is 0 Å². The van der Waals surface area contributed by atoms with E-state index in [9.17, 15) is 9.90 Å². The van der Waals surface area contributed by atoms with Gasteiger partial charge in [0.2, 0.25) is 0 Å². The topological polar surface area (TPSA) is 65.5 Å². The fraction of sp³-hybridized carbons (Fsp3) is 0.300. The maximum Gasteiger partial charge on any atom is 0.252 e. The highest BCUT2D eigenvalue weighted by atomic mass is 32.1. The van der Waals surface area contributed by atoms with E-state index in [4.69, 9.17) is 0 Å². The molecule has 1 aliphatic carbocycles. The van der Waals surface area contributed by atoms with Crippen LogP contribution in [0.1, 0.15) is 23.2 Å². The number of nitrogens with one attached hydrogen (secondary N) is 1. The predicted octanol–water partition coefficient (Wildman–Crippen LogP) is 3.49. The van der Waals surface area contributed by atoms with Crippen molar-refractivity contribution in [2.24, 2.45) is 0 Å². The van der Waals surface area contributed by atoms with E-state index in [0.717, 1.165) is 28.7 Å². The summed E-state index contributed by atoms with van der Waals surface area (Å²) in [4.78, 5) is 19.8. The molecule has 26 heavy (non-hydrogen) atoms. The maximum absolute atomic E-state index is 12.5. The number of phenols is 1. The summed E-state index contributed by atoms with van der Waals surface area (Å²) >= 11 is 1.51. The number of carbonyl (C=O) groups excluding carboxylic acids is 1. The molecule has 3 aromatic rings. The van der Waals surface area contributed by atoms with E-state index in [1.807, 2.05) is 29.6 Å². The van der Waals surface area contributed by atoms with Crippen LogP contribution in [-0.4, -0.2) is 47.1 Å². The van der Waals surface area contributed by atoms with Gasteiger partial charge in [0.25, 0.3) is 5.91 Å². The lowest BCUT2D eigenvalue weighted by molar-refractivity contribution is 0.0854. The molecule has 5 nitrogen and oxygen atoms in total. The lowest BCUT2D eigenvalue weighted by Gasteiger charge is -2.39. The molecule has 1 aromatic carbocycles. The Balaban J connectivity index is 1.50. The highest BCUT2D eigenvalue weighted by molar-refractivity contribution is 7.13. The van der Waals surface area contributed by atoms with Crippen molar-refractivity contribution in [1.29, 1.82) is 0 Å². The molecule has 0 unspecified atom stereocenters. The number of carbonyl (C=O) groups is 1. The molecule has 2 N–H and O–H groups in total. The number of nitrogens with zero attached hydrogens (tertiary/aromatic N) is 2. The quantitative estimate of drug-likeness (QED) is 0.741. The fourth-order valence-corrected chi connectivity index (χ4v) is 4.20. The molecular formula is C20H21N3O2S. The number of rotatable bonds is 4. The average molecular weight is 367 g/mol. The molecule has 0 bridgehead atoms. The van der Waals surface area contributed by atoms with E-state index in [2.05, 4.69) is 29.3 Å². The predicted molar refractivity (Wildman–Crippen MR) is 105 cm³/mol. The van der Waals surface area contributed by atoms with Gasteiger partial charge in [-0.2, -0.15) is 0 Å². The molecule has 0 radical (unpaired) electrons. The Morgan fingerprint density at radius 2 is 2.12 bits per heavy atom. The third-order valence-electron chi connectivity index (χ3n) is 5.01. The normalized spacial score (nSPS) is 19.5. The number of aromatic hydroxyl groups is 1. The molecular weight excluding hydrogens is 346 g/mol. The second kappa shape index (κ2) is 6.70. The Kier molecular flexibility index (Phi) is 4.38. The van der Waals surface area contributed by atoms with Crippen molar-refractivity contribution in [2.75, 3.05) is 14.1 Å². The molecule has 1 aliphatic rings. The molecule has 1 saturated carbocycles. The summed E-state index contributed by atoms with van der Waals surface area (Å²) in [6.45, 7) is 0. The Bertz CT molecular complexity index is 961. The smallest absolute Gasteiger partial charge is 0.252 e. The van der Waals surface area contributed by atoms with Gasteiger partial charge in [-0.3, -0.25) is 9.78 Å². The Morgan fingerprint density at radius 1 is 1.31 bits per heavy atom. The number of phenolic OH excluding ortho intramolecular Hbond substituents is 1. The van der Waals surface area contributed by atoms with E-state index in [1.54, 1.807) is 12.3 Å². The van der Waals surface area contributed by atoms with Gasteiger partial charge in [-0.1, -0.05) is 6.07 Å². The number of pyridine rings is 1. The van der Waals surface area contributed by atoms with Crippen molar-refractivity contribution in [3.8, 4) is 16.2 Å². The zero-order valence-corrected chi connectivity index (χ0v) is 15.6. The number of amides is 1. The number of thiophene rings is 1. The SMILES string of the molecule is CN(C)C1CC(NC(=O)c2csc(-c3cc(O)c4ncccc4c3)c2)C1. The summed E-state index contributed by atoms with van der Waals surface area (Å²) < 4.78 is 0. The molecule has 0 saturated heterocycles. The molecule has 1 fully saturated rings. The van der Waals surface area contributed by atoms with Crippen LogP contribution in [0.25, 0.3) is 21.3 Å². The molecule has 0 atom stereocenters. The third kappa shape index (κ3) is 3.18. The Morgan fingerprint density at radius 3 is 2.88 bits per heavy atom. The van der Waals surface area contributed by atoms with Crippen molar-refractivity contribution < 1.29 is 9.90 Å². The van der Waals surface area contributed by atoms with Gasteiger partial charge < -0.3 is 15.3 Å². The summed E-state index contributed by atoms with van der Waals surface area (Å²) in [6, 6.07) is 10.2. The number of hydrogen-bond donors (Lipinski definition) is 2. The number of fused-ring (bicyclic) bond motifs is 1. The number of hydrogen-bond acceptors (Lipinski definition) is 5. The number of aromatic nitrogens is 1. The van der Waals surface area contributed by atoms with Crippen molar-refractivity contribution in [1.82, 2.24) is 15.2 Å². The molecule has 4 rings (SSSR count). The van der Waals surface area contributed by atoms with Gasteiger partial charge in [0.05, 0.1) is 5.56 Å². The molecule has 6 heteroatoms. The summed E-state index contributed by atoms with van der Waals surface area (Å²) in [5, 5.41) is 16.1. The highest BCUT2D eigenvalue weighted by Gasteiger charge is 2.31.